The van der Waals surface area contributed by atoms with Gasteiger partial charge in [0.1, 0.15) is 12.3 Å². The van der Waals surface area contributed by atoms with Gasteiger partial charge in [0.2, 0.25) is 0 Å². The van der Waals surface area contributed by atoms with Crippen LogP contribution in [-0.4, -0.2) is 48.2 Å². The molecule has 7 nitrogen and oxygen atoms in total. The van der Waals surface area contributed by atoms with E-state index in [1.54, 1.807) is 7.11 Å². The Hall–Kier alpha value is -3.35. The summed E-state index contributed by atoms with van der Waals surface area (Å²) in [5.74, 6) is 1.65. The minimum absolute atomic E-state index is 0.0154. The van der Waals surface area contributed by atoms with Crippen LogP contribution in [0.2, 0.25) is 0 Å². The fourth-order valence-corrected chi connectivity index (χ4v) is 6.15. The van der Waals surface area contributed by atoms with Crippen LogP contribution in [0.3, 0.4) is 0 Å². The molecular formula is C32H41N3O4. The fourth-order valence-electron chi connectivity index (χ4n) is 6.15. The molecule has 2 unspecified atom stereocenters. The van der Waals surface area contributed by atoms with Crippen molar-refractivity contribution >= 4 is 17.9 Å². The molecular weight excluding hydrogens is 490 g/mol. The Kier molecular flexibility index (Phi) is 8.84. The summed E-state index contributed by atoms with van der Waals surface area (Å²) in [7, 11) is 1.67. The molecule has 0 aromatic heterocycles. The van der Waals surface area contributed by atoms with Gasteiger partial charge in [-0.2, -0.15) is 5.10 Å². The van der Waals surface area contributed by atoms with E-state index in [0.29, 0.717) is 24.6 Å². The molecule has 2 saturated carbocycles. The third-order valence-electron chi connectivity index (χ3n) is 8.49. The molecule has 1 amide bonds. The Morgan fingerprint density at radius 1 is 1.03 bits per heavy atom. The van der Waals surface area contributed by atoms with E-state index in [-0.39, 0.29) is 24.0 Å². The normalized spacial score (nSPS) is 22.0. The molecule has 0 spiro atoms. The van der Waals surface area contributed by atoms with Gasteiger partial charge >= 0.3 is 0 Å². The molecule has 2 fully saturated rings. The molecule has 0 bridgehead atoms. The number of nitrogens with zero attached hydrogens (tertiary/aromatic N) is 2. The third kappa shape index (κ3) is 6.45. The molecule has 2 atom stereocenters. The first kappa shape index (κ1) is 27.2. The lowest BCUT2D eigenvalue weighted by molar-refractivity contribution is -0.113. The first-order chi connectivity index (χ1) is 19.1. The second kappa shape index (κ2) is 12.7. The van der Waals surface area contributed by atoms with Crippen LogP contribution in [0.15, 0.2) is 47.6 Å². The van der Waals surface area contributed by atoms with E-state index in [1.165, 1.54) is 25.7 Å². The second-order valence-electron chi connectivity index (χ2n) is 11.2. The molecule has 7 heteroatoms. The predicted molar refractivity (Wildman–Crippen MR) is 152 cm³/mol. The van der Waals surface area contributed by atoms with Crippen LogP contribution in [0, 0.1) is 5.92 Å². The lowest BCUT2D eigenvalue weighted by atomic mass is 9.87. The number of hydrazone groups is 1. The topological polar surface area (TPSA) is 80.2 Å². The van der Waals surface area contributed by atoms with Crippen molar-refractivity contribution in [2.45, 2.75) is 95.9 Å². The highest BCUT2D eigenvalue weighted by Gasteiger charge is 2.31. The lowest BCUT2D eigenvalue weighted by Gasteiger charge is -2.35. The van der Waals surface area contributed by atoms with E-state index in [0.717, 1.165) is 66.7 Å². The molecule has 1 heterocycles. The number of nitrogens with one attached hydrogen (secondary N) is 1. The molecule has 1 N–H and O–H groups in total. The van der Waals surface area contributed by atoms with Gasteiger partial charge in [0.25, 0.3) is 5.91 Å². The zero-order valence-electron chi connectivity index (χ0n) is 23.2. The van der Waals surface area contributed by atoms with E-state index in [4.69, 9.17) is 14.6 Å². The first-order valence-corrected chi connectivity index (χ1v) is 14.6. The van der Waals surface area contributed by atoms with Crippen molar-refractivity contribution in [1.82, 2.24) is 10.3 Å². The number of carbonyl (C=O) groups is 2. The molecule has 5 rings (SSSR count). The Bertz CT molecular complexity index is 1170. The van der Waals surface area contributed by atoms with Crippen molar-refractivity contribution in [3.8, 4) is 11.5 Å². The van der Waals surface area contributed by atoms with Gasteiger partial charge in [0, 0.05) is 23.1 Å². The molecule has 3 aliphatic rings. The van der Waals surface area contributed by atoms with Gasteiger partial charge in [0.15, 0.2) is 11.5 Å². The summed E-state index contributed by atoms with van der Waals surface area (Å²) in [6.07, 6.45) is 11.9. The van der Waals surface area contributed by atoms with Crippen LogP contribution in [0.1, 0.15) is 92.6 Å². The number of hydrogen-bond acceptors (Lipinski definition) is 6. The van der Waals surface area contributed by atoms with Crippen LogP contribution < -0.4 is 14.8 Å². The maximum absolute atomic E-state index is 12.6. The Balaban J connectivity index is 1.35. The second-order valence-corrected chi connectivity index (χ2v) is 11.2. The molecule has 2 aliphatic carbocycles. The maximum atomic E-state index is 12.6. The highest BCUT2D eigenvalue weighted by atomic mass is 16.5. The average molecular weight is 532 g/mol. The number of rotatable bonds is 10. The minimum Gasteiger partial charge on any atom is -0.493 e. The van der Waals surface area contributed by atoms with Gasteiger partial charge in [-0.15, -0.1) is 0 Å². The lowest BCUT2D eigenvalue weighted by Crippen LogP contribution is -2.41. The van der Waals surface area contributed by atoms with Crippen molar-refractivity contribution in [2.24, 2.45) is 11.0 Å². The molecule has 2 aromatic carbocycles. The number of amides is 1. The number of carbonyl (C=O) groups excluding carboxylic acids is 2. The molecule has 2 aromatic rings. The standard InChI is InChI=1S/C32H41N3O4/c1-3-23-18-27(21-36)35(20-22-12-14-24(15-13-22)32(37)33-26-8-4-5-9-26)34-31(23)25-16-17-29(38-2)30(19-25)39-28-10-6-7-11-28/h12-17,19,21,23,26-28H,3-11,18,20H2,1-2H3,(H,33,37). The summed E-state index contributed by atoms with van der Waals surface area (Å²) >= 11 is 0. The largest absolute Gasteiger partial charge is 0.493 e. The number of ether oxygens (including phenoxy) is 2. The Labute approximate surface area is 231 Å². The number of methoxy groups -OCH3 is 1. The van der Waals surface area contributed by atoms with Crippen molar-refractivity contribution in [3.63, 3.8) is 0 Å². The quantitative estimate of drug-likeness (QED) is 0.387. The predicted octanol–water partition coefficient (Wildman–Crippen LogP) is 5.89. The van der Waals surface area contributed by atoms with Crippen molar-refractivity contribution < 1.29 is 19.1 Å². The van der Waals surface area contributed by atoms with E-state index in [2.05, 4.69) is 18.3 Å². The minimum atomic E-state index is -0.295. The van der Waals surface area contributed by atoms with E-state index in [9.17, 15) is 9.59 Å². The maximum Gasteiger partial charge on any atom is 0.251 e. The molecule has 39 heavy (non-hydrogen) atoms. The Morgan fingerprint density at radius 3 is 2.41 bits per heavy atom. The number of benzene rings is 2. The third-order valence-corrected chi connectivity index (χ3v) is 8.49. The smallest absolute Gasteiger partial charge is 0.251 e. The SMILES string of the molecule is CCC1CC(C=O)N(Cc2ccc(C(=O)NC3CCCC3)cc2)N=C1c1ccc(OC)c(OC2CCCC2)c1. The van der Waals surface area contributed by atoms with Crippen LogP contribution in [-0.2, 0) is 11.3 Å². The summed E-state index contributed by atoms with van der Waals surface area (Å²) in [6, 6.07) is 13.7. The fraction of sp³-hybridized carbons (Fsp3) is 0.531. The molecule has 0 saturated heterocycles. The average Bonchev–Trinajstić information content (AvgIpc) is 3.68. The first-order valence-electron chi connectivity index (χ1n) is 14.6. The van der Waals surface area contributed by atoms with Gasteiger partial charge in [-0.1, -0.05) is 31.9 Å². The summed E-state index contributed by atoms with van der Waals surface area (Å²) < 4.78 is 12.0. The van der Waals surface area contributed by atoms with Crippen LogP contribution in [0.4, 0.5) is 0 Å². The van der Waals surface area contributed by atoms with Crippen LogP contribution >= 0.6 is 0 Å². The van der Waals surface area contributed by atoms with Crippen molar-refractivity contribution in [3.05, 3.63) is 59.2 Å². The van der Waals surface area contributed by atoms with Crippen molar-refractivity contribution in [1.29, 1.82) is 0 Å². The molecule has 208 valence electrons. The summed E-state index contributed by atoms with van der Waals surface area (Å²) in [5.41, 5.74) is 3.66. The monoisotopic (exact) mass is 531 g/mol. The zero-order valence-corrected chi connectivity index (χ0v) is 23.2. The van der Waals surface area contributed by atoms with Gasteiger partial charge in [0.05, 0.1) is 25.5 Å². The zero-order chi connectivity index (χ0) is 27.2. The molecule has 1 aliphatic heterocycles. The van der Waals surface area contributed by atoms with Crippen LogP contribution in [0.5, 0.6) is 11.5 Å². The highest BCUT2D eigenvalue weighted by Crippen LogP contribution is 2.35. The Morgan fingerprint density at radius 2 is 1.74 bits per heavy atom. The van der Waals surface area contributed by atoms with Gasteiger partial charge in [-0.25, -0.2) is 0 Å². The van der Waals surface area contributed by atoms with Gasteiger partial charge < -0.3 is 19.6 Å². The van der Waals surface area contributed by atoms with E-state index >= 15 is 0 Å². The van der Waals surface area contributed by atoms with Crippen LogP contribution in [0.25, 0.3) is 0 Å². The summed E-state index contributed by atoms with van der Waals surface area (Å²) in [4.78, 5) is 24.7. The highest BCUT2D eigenvalue weighted by molar-refractivity contribution is 6.03. The molecule has 0 radical (unpaired) electrons. The van der Waals surface area contributed by atoms with E-state index < -0.39 is 0 Å². The van der Waals surface area contributed by atoms with Gasteiger partial charge in [-0.05, 0) is 87.3 Å². The van der Waals surface area contributed by atoms with Crippen molar-refractivity contribution in [2.75, 3.05) is 7.11 Å². The summed E-state index contributed by atoms with van der Waals surface area (Å²) in [5, 5.41) is 10.1. The number of hydrogen-bond donors (Lipinski definition) is 1. The van der Waals surface area contributed by atoms with E-state index in [1.807, 2.05) is 41.4 Å². The number of aldehydes is 1. The summed E-state index contributed by atoms with van der Waals surface area (Å²) in [6.45, 7) is 2.64. The van der Waals surface area contributed by atoms with Gasteiger partial charge in [-0.3, -0.25) is 9.80 Å².